The minimum Gasteiger partial charge on any atom is -0.314 e. The predicted octanol–water partition coefficient (Wildman–Crippen LogP) is 1.44. The van der Waals surface area contributed by atoms with Crippen LogP contribution in [0.25, 0.3) is 0 Å². The van der Waals surface area contributed by atoms with E-state index in [1.807, 2.05) is 0 Å². The molecule has 2 saturated heterocycles. The molecule has 5 heteroatoms. The summed E-state index contributed by atoms with van der Waals surface area (Å²) in [5.74, 6) is 1.30. The van der Waals surface area contributed by atoms with Crippen LogP contribution in [0.2, 0.25) is 0 Å². The number of hydrogen-bond acceptors (Lipinski definition) is 3. The van der Waals surface area contributed by atoms with Crippen molar-refractivity contribution in [3.63, 3.8) is 0 Å². The van der Waals surface area contributed by atoms with Crippen molar-refractivity contribution in [1.29, 1.82) is 0 Å². The third-order valence-corrected chi connectivity index (χ3v) is 5.65. The Hall–Kier alpha value is -0.130. The maximum atomic E-state index is 11.6. The molecule has 2 fully saturated rings. The Morgan fingerprint density at radius 2 is 2.00 bits per heavy atom. The fraction of sp³-hybridized carbons (Fsp3) is 1.00. The molecule has 0 aromatic rings. The first-order valence-electron chi connectivity index (χ1n) is 7.13. The number of rotatable bonds is 3. The van der Waals surface area contributed by atoms with E-state index in [1.165, 1.54) is 31.9 Å². The van der Waals surface area contributed by atoms with Gasteiger partial charge in [0.15, 0.2) is 0 Å². The molecule has 2 rings (SSSR count). The van der Waals surface area contributed by atoms with E-state index in [1.54, 1.807) is 4.31 Å². The zero-order valence-electron chi connectivity index (χ0n) is 11.6. The highest BCUT2D eigenvalue weighted by Gasteiger charge is 2.28. The first-order valence-corrected chi connectivity index (χ1v) is 8.98. The van der Waals surface area contributed by atoms with Crippen LogP contribution in [0.3, 0.4) is 0 Å². The summed E-state index contributed by atoms with van der Waals surface area (Å²) in [5.41, 5.74) is 0. The summed E-state index contributed by atoms with van der Waals surface area (Å²) in [6.45, 7) is 4.80. The molecule has 2 heterocycles. The summed E-state index contributed by atoms with van der Waals surface area (Å²) in [6, 6.07) is 0.653. The summed E-state index contributed by atoms with van der Waals surface area (Å²) in [4.78, 5) is 0. The van der Waals surface area contributed by atoms with Crippen molar-refractivity contribution in [2.24, 2.45) is 11.8 Å². The highest BCUT2D eigenvalue weighted by molar-refractivity contribution is 7.88. The summed E-state index contributed by atoms with van der Waals surface area (Å²) in [7, 11) is -2.99. The highest BCUT2D eigenvalue weighted by atomic mass is 32.2. The standard InChI is InChI=1S/C13H26N2O2S/c1-11-5-6-12(9-14-11)8-13-4-3-7-15(10-13)18(2,16)17/h11-14H,3-10H2,1-2H3. The molecule has 0 saturated carbocycles. The van der Waals surface area contributed by atoms with Crippen LogP contribution < -0.4 is 5.32 Å². The topological polar surface area (TPSA) is 49.4 Å². The quantitative estimate of drug-likeness (QED) is 0.847. The van der Waals surface area contributed by atoms with Crippen LogP contribution in [0.15, 0.2) is 0 Å². The van der Waals surface area contributed by atoms with Crippen LogP contribution in [0.1, 0.15) is 39.0 Å². The van der Waals surface area contributed by atoms with E-state index in [2.05, 4.69) is 12.2 Å². The zero-order chi connectivity index (χ0) is 13.2. The summed E-state index contributed by atoms with van der Waals surface area (Å²) >= 11 is 0. The fourth-order valence-electron chi connectivity index (χ4n) is 3.25. The van der Waals surface area contributed by atoms with Crippen molar-refractivity contribution in [3.05, 3.63) is 0 Å². The lowest BCUT2D eigenvalue weighted by Crippen LogP contribution is -2.42. The average Bonchev–Trinajstić information content (AvgIpc) is 2.31. The lowest BCUT2D eigenvalue weighted by molar-refractivity contribution is 0.205. The van der Waals surface area contributed by atoms with Crippen molar-refractivity contribution < 1.29 is 8.42 Å². The lowest BCUT2D eigenvalue weighted by Gasteiger charge is -2.35. The van der Waals surface area contributed by atoms with Gasteiger partial charge in [0.25, 0.3) is 0 Å². The zero-order valence-corrected chi connectivity index (χ0v) is 12.4. The molecule has 1 N–H and O–H groups in total. The number of hydrogen-bond donors (Lipinski definition) is 1. The first kappa shape index (κ1) is 14.3. The second-order valence-electron chi connectivity index (χ2n) is 6.12. The van der Waals surface area contributed by atoms with Gasteiger partial charge in [0, 0.05) is 19.1 Å². The number of piperidine rings is 2. The van der Waals surface area contributed by atoms with Crippen molar-refractivity contribution in [2.45, 2.75) is 45.1 Å². The van der Waals surface area contributed by atoms with Crippen LogP contribution in [-0.4, -0.2) is 44.7 Å². The number of nitrogens with zero attached hydrogens (tertiary/aromatic N) is 1. The smallest absolute Gasteiger partial charge is 0.211 e. The third kappa shape index (κ3) is 3.93. The van der Waals surface area contributed by atoms with Crippen molar-refractivity contribution in [1.82, 2.24) is 9.62 Å². The van der Waals surface area contributed by atoms with Gasteiger partial charge in [-0.05, 0) is 57.4 Å². The van der Waals surface area contributed by atoms with E-state index in [0.29, 0.717) is 12.0 Å². The van der Waals surface area contributed by atoms with Gasteiger partial charge in [-0.2, -0.15) is 0 Å². The molecule has 4 nitrogen and oxygen atoms in total. The SMILES string of the molecule is CC1CCC(CC2CCCN(S(C)(=O)=O)C2)CN1. The molecule has 2 aliphatic rings. The minimum absolute atomic E-state index is 0.564. The van der Waals surface area contributed by atoms with Gasteiger partial charge in [0.2, 0.25) is 10.0 Å². The van der Waals surface area contributed by atoms with Gasteiger partial charge >= 0.3 is 0 Å². The molecule has 2 aliphatic heterocycles. The molecule has 0 bridgehead atoms. The molecule has 106 valence electrons. The summed E-state index contributed by atoms with van der Waals surface area (Å²) in [5, 5.41) is 3.53. The number of nitrogens with one attached hydrogen (secondary N) is 1. The Morgan fingerprint density at radius 1 is 1.22 bits per heavy atom. The van der Waals surface area contributed by atoms with E-state index in [-0.39, 0.29) is 0 Å². The molecule has 0 aromatic heterocycles. The predicted molar refractivity (Wildman–Crippen MR) is 73.9 cm³/mol. The Bertz CT molecular complexity index is 361. The molecular weight excluding hydrogens is 248 g/mol. The molecule has 18 heavy (non-hydrogen) atoms. The fourth-order valence-corrected chi connectivity index (χ4v) is 4.19. The highest BCUT2D eigenvalue weighted by Crippen LogP contribution is 2.28. The second kappa shape index (κ2) is 5.88. The van der Waals surface area contributed by atoms with Gasteiger partial charge < -0.3 is 5.32 Å². The molecule has 0 radical (unpaired) electrons. The van der Waals surface area contributed by atoms with E-state index in [9.17, 15) is 8.42 Å². The Labute approximate surface area is 111 Å². The lowest BCUT2D eigenvalue weighted by atomic mass is 9.84. The van der Waals surface area contributed by atoms with Gasteiger partial charge in [0.1, 0.15) is 0 Å². The van der Waals surface area contributed by atoms with E-state index < -0.39 is 10.0 Å². The maximum Gasteiger partial charge on any atom is 0.211 e. The summed E-state index contributed by atoms with van der Waals surface area (Å²) in [6.07, 6.45) is 7.29. The van der Waals surface area contributed by atoms with Crippen molar-refractivity contribution in [3.8, 4) is 0 Å². The van der Waals surface area contributed by atoms with E-state index >= 15 is 0 Å². The van der Waals surface area contributed by atoms with Crippen molar-refractivity contribution in [2.75, 3.05) is 25.9 Å². The molecule has 3 unspecified atom stereocenters. The normalized spacial score (nSPS) is 35.6. The van der Waals surface area contributed by atoms with E-state index in [4.69, 9.17) is 0 Å². The average molecular weight is 274 g/mol. The Balaban J connectivity index is 1.83. The first-order chi connectivity index (χ1) is 8.45. The van der Waals surface area contributed by atoms with Crippen LogP contribution in [0, 0.1) is 11.8 Å². The molecule has 3 atom stereocenters. The molecular formula is C13H26N2O2S. The molecule has 0 aromatic carbocycles. The minimum atomic E-state index is -2.99. The molecule has 0 spiro atoms. The summed E-state index contributed by atoms with van der Waals surface area (Å²) < 4.78 is 24.8. The molecule has 0 aliphatic carbocycles. The Morgan fingerprint density at radius 3 is 2.61 bits per heavy atom. The van der Waals surface area contributed by atoms with Crippen LogP contribution in [0.5, 0.6) is 0 Å². The third-order valence-electron chi connectivity index (χ3n) is 4.38. The van der Waals surface area contributed by atoms with Gasteiger partial charge in [0.05, 0.1) is 6.26 Å². The van der Waals surface area contributed by atoms with Gasteiger partial charge in [-0.15, -0.1) is 0 Å². The second-order valence-corrected chi connectivity index (χ2v) is 8.10. The maximum absolute atomic E-state index is 11.6. The largest absolute Gasteiger partial charge is 0.314 e. The van der Waals surface area contributed by atoms with Crippen molar-refractivity contribution >= 4 is 10.0 Å². The monoisotopic (exact) mass is 274 g/mol. The van der Waals surface area contributed by atoms with Crippen LogP contribution >= 0.6 is 0 Å². The Kier molecular flexibility index (Phi) is 4.67. The molecule has 0 amide bonds. The number of sulfonamides is 1. The van der Waals surface area contributed by atoms with Gasteiger partial charge in [-0.3, -0.25) is 0 Å². The van der Waals surface area contributed by atoms with Gasteiger partial charge in [-0.1, -0.05) is 0 Å². The van der Waals surface area contributed by atoms with E-state index in [0.717, 1.165) is 32.0 Å². The van der Waals surface area contributed by atoms with Crippen LogP contribution in [-0.2, 0) is 10.0 Å². The van der Waals surface area contributed by atoms with Gasteiger partial charge in [-0.25, -0.2) is 12.7 Å². The van der Waals surface area contributed by atoms with Crippen LogP contribution in [0.4, 0.5) is 0 Å².